The number of aryl methyl sites for hydroxylation is 1. The van der Waals surface area contributed by atoms with E-state index in [1.54, 1.807) is 5.01 Å². The van der Waals surface area contributed by atoms with Crippen LogP contribution in [0.5, 0.6) is 0 Å². The molecule has 5 nitrogen and oxygen atoms in total. The fourth-order valence-corrected chi connectivity index (χ4v) is 0.590. The predicted octanol–water partition coefficient (Wildman–Crippen LogP) is 1.28. The molecule has 0 aliphatic heterocycles. The molecule has 60 valence electrons. The Labute approximate surface area is 65.1 Å². The molecule has 0 amide bonds. The molecule has 0 aliphatic rings. The molecule has 0 aromatic carbocycles. The lowest BCUT2D eigenvalue weighted by Gasteiger charge is -1.97. The van der Waals surface area contributed by atoms with Crippen LogP contribution in [-0.4, -0.2) is 29.3 Å². The van der Waals surface area contributed by atoms with E-state index in [0.717, 1.165) is 5.69 Å². The Kier molecular flexibility index (Phi) is 2.20. The van der Waals surface area contributed by atoms with Crippen molar-refractivity contribution in [3.8, 4) is 0 Å². The molecule has 5 heteroatoms. The standard InChI is InChI=1S/C6H11N5/c1-5-4-6(8-7-5)9-10-11(2)3/h4H,1-3H3,(H,7,8). The van der Waals surface area contributed by atoms with Crippen LogP contribution in [0.4, 0.5) is 5.82 Å². The summed E-state index contributed by atoms with van der Waals surface area (Å²) in [6.07, 6.45) is 0. The SMILES string of the molecule is Cc1cc(N=NN(C)C)n[nH]1. The van der Waals surface area contributed by atoms with Crippen molar-refractivity contribution in [3.05, 3.63) is 11.8 Å². The average molecular weight is 153 g/mol. The lowest BCUT2D eigenvalue weighted by molar-refractivity contribution is 0.408. The second-order valence-corrected chi connectivity index (χ2v) is 2.45. The number of aromatic nitrogens is 2. The highest BCUT2D eigenvalue weighted by atomic mass is 15.5. The number of hydrogen-bond donors (Lipinski definition) is 1. The highest BCUT2D eigenvalue weighted by molar-refractivity contribution is 5.25. The van der Waals surface area contributed by atoms with Crippen molar-refractivity contribution in [1.82, 2.24) is 15.2 Å². The zero-order valence-corrected chi connectivity index (χ0v) is 6.87. The normalized spacial score (nSPS) is 10.8. The van der Waals surface area contributed by atoms with Gasteiger partial charge in [-0.3, -0.25) is 10.1 Å². The van der Waals surface area contributed by atoms with Gasteiger partial charge in [-0.2, -0.15) is 5.10 Å². The van der Waals surface area contributed by atoms with Gasteiger partial charge >= 0.3 is 0 Å². The highest BCUT2D eigenvalue weighted by Gasteiger charge is 1.92. The molecule has 0 unspecified atom stereocenters. The Morgan fingerprint density at radius 2 is 2.27 bits per heavy atom. The van der Waals surface area contributed by atoms with E-state index in [9.17, 15) is 0 Å². The van der Waals surface area contributed by atoms with E-state index in [0.29, 0.717) is 5.82 Å². The summed E-state index contributed by atoms with van der Waals surface area (Å²) in [5, 5.41) is 15.9. The van der Waals surface area contributed by atoms with Crippen molar-refractivity contribution in [2.45, 2.75) is 6.92 Å². The molecule has 0 saturated carbocycles. The Morgan fingerprint density at radius 3 is 2.73 bits per heavy atom. The highest BCUT2D eigenvalue weighted by Crippen LogP contribution is 2.08. The van der Waals surface area contributed by atoms with E-state index in [-0.39, 0.29) is 0 Å². The third-order valence-electron chi connectivity index (χ3n) is 1.02. The maximum atomic E-state index is 3.88. The van der Waals surface area contributed by atoms with Crippen molar-refractivity contribution in [2.75, 3.05) is 14.1 Å². The van der Waals surface area contributed by atoms with Gasteiger partial charge in [0, 0.05) is 25.9 Å². The van der Waals surface area contributed by atoms with Gasteiger partial charge in [-0.05, 0) is 6.92 Å². The summed E-state index contributed by atoms with van der Waals surface area (Å²) < 4.78 is 0. The zero-order valence-electron chi connectivity index (χ0n) is 6.87. The summed E-state index contributed by atoms with van der Waals surface area (Å²) in [7, 11) is 3.62. The first-order valence-corrected chi connectivity index (χ1v) is 3.29. The molecule has 0 aliphatic carbocycles. The quantitative estimate of drug-likeness (QED) is 0.514. The minimum Gasteiger partial charge on any atom is -0.285 e. The summed E-state index contributed by atoms with van der Waals surface area (Å²) in [4.78, 5) is 0. The van der Waals surface area contributed by atoms with Gasteiger partial charge in [-0.15, -0.1) is 5.11 Å². The van der Waals surface area contributed by atoms with E-state index >= 15 is 0 Å². The first kappa shape index (κ1) is 7.71. The van der Waals surface area contributed by atoms with E-state index < -0.39 is 0 Å². The Morgan fingerprint density at radius 1 is 1.55 bits per heavy atom. The van der Waals surface area contributed by atoms with Crippen LogP contribution in [0, 0.1) is 6.92 Å². The van der Waals surface area contributed by atoms with Gasteiger partial charge in [-0.25, -0.2) is 0 Å². The third kappa shape index (κ3) is 2.37. The average Bonchev–Trinajstić information content (AvgIpc) is 2.31. The molecule has 1 heterocycles. The van der Waals surface area contributed by atoms with E-state index in [2.05, 4.69) is 20.5 Å². The summed E-state index contributed by atoms with van der Waals surface area (Å²) >= 11 is 0. The lowest BCUT2D eigenvalue weighted by atomic mass is 10.5. The molecule has 0 bridgehead atoms. The molecule has 0 fully saturated rings. The van der Waals surface area contributed by atoms with Crippen LogP contribution in [0.25, 0.3) is 0 Å². The summed E-state index contributed by atoms with van der Waals surface area (Å²) in [6.45, 7) is 1.92. The summed E-state index contributed by atoms with van der Waals surface area (Å²) in [6, 6.07) is 1.83. The molecule has 11 heavy (non-hydrogen) atoms. The Bertz CT molecular complexity index is 249. The number of H-pyrrole nitrogens is 1. The fourth-order valence-electron chi connectivity index (χ4n) is 0.590. The molecule has 1 N–H and O–H groups in total. The molecule has 1 aromatic heterocycles. The Balaban J connectivity index is 2.64. The van der Waals surface area contributed by atoms with Gasteiger partial charge in [0.1, 0.15) is 0 Å². The first-order valence-electron chi connectivity index (χ1n) is 3.29. The van der Waals surface area contributed by atoms with Crippen LogP contribution in [0.1, 0.15) is 5.69 Å². The fraction of sp³-hybridized carbons (Fsp3) is 0.500. The number of nitrogens with zero attached hydrogens (tertiary/aromatic N) is 4. The summed E-state index contributed by atoms with van der Waals surface area (Å²) in [5.41, 5.74) is 0.984. The first-order chi connectivity index (χ1) is 5.18. The predicted molar refractivity (Wildman–Crippen MR) is 41.5 cm³/mol. The monoisotopic (exact) mass is 153 g/mol. The Hall–Kier alpha value is -1.39. The largest absolute Gasteiger partial charge is 0.285 e. The minimum atomic E-state index is 0.608. The maximum absolute atomic E-state index is 3.88. The number of nitrogens with one attached hydrogen (secondary N) is 1. The van der Waals surface area contributed by atoms with E-state index in [1.165, 1.54) is 0 Å². The van der Waals surface area contributed by atoms with Gasteiger partial charge in [0.2, 0.25) is 0 Å². The molecule has 0 saturated heterocycles. The number of rotatable bonds is 2. The van der Waals surface area contributed by atoms with Crippen molar-refractivity contribution in [1.29, 1.82) is 0 Å². The molecule has 0 atom stereocenters. The topological polar surface area (TPSA) is 56.6 Å². The molecule has 0 spiro atoms. The van der Waals surface area contributed by atoms with Crippen LogP contribution in [0.15, 0.2) is 16.4 Å². The molecular weight excluding hydrogens is 142 g/mol. The van der Waals surface area contributed by atoms with Crippen LogP contribution in [0.2, 0.25) is 0 Å². The van der Waals surface area contributed by atoms with Crippen molar-refractivity contribution >= 4 is 5.82 Å². The van der Waals surface area contributed by atoms with Gasteiger partial charge < -0.3 is 0 Å². The van der Waals surface area contributed by atoms with Crippen molar-refractivity contribution in [3.63, 3.8) is 0 Å². The van der Waals surface area contributed by atoms with Gasteiger partial charge in [0.05, 0.1) is 0 Å². The summed E-state index contributed by atoms with van der Waals surface area (Å²) in [5.74, 6) is 0.608. The van der Waals surface area contributed by atoms with Gasteiger partial charge in [0.25, 0.3) is 0 Å². The van der Waals surface area contributed by atoms with Crippen LogP contribution < -0.4 is 0 Å². The van der Waals surface area contributed by atoms with Crippen LogP contribution >= 0.6 is 0 Å². The maximum Gasteiger partial charge on any atom is 0.197 e. The second-order valence-electron chi connectivity index (χ2n) is 2.45. The second kappa shape index (κ2) is 3.14. The van der Waals surface area contributed by atoms with E-state index in [1.807, 2.05) is 27.1 Å². The van der Waals surface area contributed by atoms with E-state index in [4.69, 9.17) is 0 Å². The zero-order chi connectivity index (χ0) is 8.27. The van der Waals surface area contributed by atoms with Crippen LogP contribution in [0.3, 0.4) is 0 Å². The molecule has 1 rings (SSSR count). The molecule has 0 radical (unpaired) electrons. The molecular formula is C6H11N5. The van der Waals surface area contributed by atoms with Gasteiger partial charge in [-0.1, -0.05) is 5.22 Å². The van der Waals surface area contributed by atoms with Crippen LogP contribution in [-0.2, 0) is 0 Å². The number of aromatic amines is 1. The van der Waals surface area contributed by atoms with Crippen molar-refractivity contribution < 1.29 is 0 Å². The number of hydrogen-bond acceptors (Lipinski definition) is 3. The minimum absolute atomic E-state index is 0.608. The smallest absolute Gasteiger partial charge is 0.197 e. The molecule has 1 aromatic rings. The third-order valence-corrected chi connectivity index (χ3v) is 1.02. The van der Waals surface area contributed by atoms with Crippen molar-refractivity contribution in [2.24, 2.45) is 10.3 Å². The lowest BCUT2D eigenvalue weighted by Crippen LogP contribution is -1.98. The van der Waals surface area contributed by atoms with Gasteiger partial charge in [0.15, 0.2) is 5.82 Å².